The van der Waals surface area contributed by atoms with Gasteiger partial charge in [-0.3, -0.25) is 0 Å². The van der Waals surface area contributed by atoms with Crippen LogP contribution in [0.1, 0.15) is 41.5 Å². The Morgan fingerprint density at radius 3 is 2.62 bits per heavy atom. The van der Waals surface area contributed by atoms with Crippen LogP contribution in [-0.2, 0) is 6.42 Å². The first-order valence-electron chi connectivity index (χ1n) is 7.07. The maximum Gasteiger partial charge on any atom is 0.123 e. The third-order valence-electron chi connectivity index (χ3n) is 3.74. The zero-order valence-electron chi connectivity index (χ0n) is 12.4. The number of alkyl halides is 1. The Hall–Kier alpha value is -1.54. The van der Waals surface area contributed by atoms with Gasteiger partial charge in [-0.05, 0) is 61.2 Å². The Kier molecular flexibility index (Phi) is 3.45. The molecule has 0 bridgehead atoms. The van der Waals surface area contributed by atoms with Crippen molar-refractivity contribution in [3.05, 3.63) is 64.5 Å². The maximum atomic E-state index is 13.5. The van der Waals surface area contributed by atoms with Crippen molar-refractivity contribution in [1.29, 1.82) is 0 Å². The topological polar surface area (TPSA) is 9.23 Å². The smallest absolute Gasteiger partial charge is 0.123 e. The van der Waals surface area contributed by atoms with Crippen LogP contribution in [0.25, 0.3) is 0 Å². The molecule has 0 radical (unpaired) electrons. The van der Waals surface area contributed by atoms with Gasteiger partial charge in [-0.15, -0.1) is 11.6 Å². The number of fused-ring (bicyclic) bond motifs is 1. The molecule has 1 aliphatic rings. The highest BCUT2D eigenvalue weighted by atomic mass is 35.5. The number of aryl methyl sites for hydroxylation is 1. The van der Waals surface area contributed by atoms with Crippen LogP contribution in [0, 0.1) is 12.7 Å². The molecule has 0 aliphatic carbocycles. The molecule has 1 nitrogen and oxygen atoms in total. The summed E-state index contributed by atoms with van der Waals surface area (Å²) in [5, 5.41) is -0.353. The maximum absolute atomic E-state index is 13.5. The van der Waals surface area contributed by atoms with E-state index in [2.05, 4.69) is 19.9 Å². The summed E-state index contributed by atoms with van der Waals surface area (Å²) in [6.07, 6.45) is 0.863. The second-order valence-electron chi connectivity index (χ2n) is 6.33. The highest BCUT2D eigenvalue weighted by Crippen LogP contribution is 2.38. The molecule has 0 saturated carbocycles. The van der Waals surface area contributed by atoms with Crippen molar-refractivity contribution in [2.24, 2.45) is 0 Å². The van der Waals surface area contributed by atoms with Crippen LogP contribution < -0.4 is 4.74 Å². The van der Waals surface area contributed by atoms with Gasteiger partial charge in [-0.1, -0.05) is 18.2 Å². The van der Waals surface area contributed by atoms with Gasteiger partial charge in [0.15, 0.2) is 0 Å². The zero-order chi connectivity index (χ0) is 15.2. The molecule has 0 saturated heterocycles. The average Bonchev–Trinajstić information content (AvgIpc) is 2.69. The molecule has 110 valence electrons. The molecule has 1 aliphatic heterocycles. The van der Waals surface area contributed by atoms with E-state index in [1.807, 2.05) is 25.1 Å². The van der Waals surface area contributed by atoms with E-state index in [-0.39, 0.29) is 16.8 Å². The van der Waals surface area contributed by atoms with Crippen molar-refractivity contribution in [3.8, 4) is 5.75 Å². The van der Waals surface area contributed by atoms with Gasteiger partial charge < -0.3 is 4.74 Å². The number of benzene rings is 2. The molecule has 2 aromatic carbocycles. The number of ether oxygens (including phenoxy) is 1. The summed E-state index contributed by atoms with van der Waals surface area (Å²) in [7, 11) is 0. The first kappa shape index (κ1) is 14.4. The zero-order valence-corrected chi connectivity index (χ0v) is 13.2. The summed E-state index contributed by atoms with van der Waals surface area (Å²) >= 11 is 6.54. The summed E-state index contributed by atoms with van der Waals surface area (Å²) in [5.74, 6) is 0.671. The summed E-state index contributed by atoms with van der Waals surface area (Å²) in [6.45, 7) is 6.01. The molecule has 1 heterocycles. The van der Waals surface area contributed by atoms with E-state index in [1.165, 1.54) is 12.1 Å². The molecule has 0 amide bonds. The lowest BCUT2D eigenvalue weighted by Crippen LogP contribution is -2.24. The van der Waals surface area contributed by atoms with Gasteiger partial charge in [0.2, 0.25) is 0 Å². The van der Waals surface area contributed by atoms with Crippen molar-refractivity contribution in [1.82, 2.24) is 0 Å². The summed E-state index contributed by atoms with van der Waals surface area (Å²) in [4.78, 5) is 0. The van der Waals surface area contributed by atoms with Crippen molar-refractivity contribution >= 4 is 11.6 Å². The highest BCUT2D eigenvalue weighted by Gasteiger charge is 2.30. The highest BCUT2D eigenvalue weighted by molar-refractivity contribution is 6.22. The fourth-order valence-corrected chi connectivity index (χ4v) is 3.15. The normalized spacial score (nSPS) is 17.2. The Balaban J connectivity index is 1.95. The van der Waals surface area contributed by atoms with Gasteiger partial charge in [0.1, 0.15) is 17.2 Å². The molecule has 1 unspecified atom stereocenters. The van der Waals surface area contributed by atoms with E-state index >= 15 is 0 Å². The largest absolute Gasteiger partial charge is 0.487 e. The molecular formula is C18H18ClFO. The van der Waals surface area contributed by atoms with Gasteiger partial charge in [0, 0.05) is 6.42 Å². The van der Waals surface area contributed by atoms with Crippen molar-refractivity contribution in [2.45, 2.75) is 38.2 Å². The monoisotopic (exact) mass is 304 g/mol. The van der Waals surface area contributed by atoms with E-state index in [4.69, 9.17) is 16.3 Å². The van der Waals surface area contributed by atoms with Gasteiger partial charge >= 0.3 is 0 Å². The molecular weight excluding hydrogens is 287 g/mol. The minimum Gasteiger partial charge on any atom is -0.487 e. The van der Waals surface area contributed by atoms with Crippen LogP contribution in [0.3, 0.4) is 0 Å². The number of hydrogen-bond acceptors (Lipinski definition) is 1. The molecule has 3 heteroatoms. The molecule has 2 aromatic rings. The first-order valence-corrected chi connectivity index (χ1v) is 7.51. The van der Waals surface area contributed by atoms with Crippen LogP contribution in [0.15, 0.2) is 36.4 Å². The van der Waals surface area contributed by atoms with Crippen molar-refractivity contribution in [2.75, 3.05) is 0 Å². The SMILES string of the molecule is Cc1cc(F)cc(C(Cl)c2ccc3c(c2)CC(C)(C)O3)c1. The standard InChI is InChI=1S/C18H18ClFO/c1-11-6-13(9-15(20)7-11)17(19)12-4-5-16-14(8-12)10-18(2,3)21-16/h4-9,17H,10H2,1-3H3. The molecule has 3 rings (SSSR count). The average molecular weight is 305 g/mol. The van der Waals surface area contributed by atoms with Gasteiger partial charge in [0.05, 0.1) is 5.38 Å². The Labute approximate surface area is 129 Å². The quantitative estimate of drug-likeness (QED) is 0.695. The number of rotatable bonds is 2. The molecule has 1 atom stereocenters. The van der Waals surface area contributed by atoms with E-state index in [0.29, 0.717) is 0 Å². The lowest BCUT2D eigenvalue weighted by molar-refractivity contribution is 0.138. The second kappa shape index (κ2) is 5.03. The second-order valence-corrected chi connectivity index (χ2v) is 6.77. The van der Waals surface area contributed by atoms with Crippen LogP contribution in [0.2, 0.25) is 0 Å². The minimum atomic E-state index is -0.353. The van der Waals surface area contributed by atoms with Crippen molar-refractivity contribution < 1.29 is 9.13 Å². The van der Waals surface area contributed by atoms with Gasteiger partial charge in [-0.25, -0.2) is 4.39 Å². The van der Waals surface area contributed by atoms with Crippen LogP contribution in [-0.4, -0.2) is 5.60 Å². The third-order valence-corrected chi connectivity index (χ3v) is 4.24. The predicted octanol–water partition coefficient (Wildman–Crippen LogP) is 5.18. The Morgan fingerprint density at radius 1 is 1.14 bits per heavy atom. The Morgan fingerprint density at radius 2 is 1.90 bits per heavy atom. The van der Waals surface area contributed by atoms with E-state index in [1.54, 1.807) is 0 Å². The number of halogens is 2. The van der Waals surface area contributed by atoms with E-state index < -0.39 is 0 Å². The first-order chi connectivity index (χ1) is 9.84. The number of hydrogen-bond donors (Lipinski definition) is 0. The van der Waals surface area contributed by atoms with E-state index in [0.717, 1.165) is 34.4 Å². The third kappa shape index (κ3) is 2.91. The van der Waals surface area contributed by atoms with Crippen LogP contribution >= 0.6 is 11.6 Å². The van der Waals surface area contributed by atoms with Crippen LogP contribution in [0.4, 0.5) is 4.39 Å². The molecule has 0 fully saturated rings. The van der Waals surface area contributed by atoms with Gasteiger partial charge in [-0.2, -0.15) is 0 Å². The van der Waals surface area contributed by atoms with Crippen molar-refractivity contribution in [3.63, 3.8) is 0 Å². The predicted molar refractivity (Wildman–Crippen MR) is 83.7 cm³/mol. The van der Waals surface area contributed by atoms with Gasteiger partial charge in [0.25, 0.3) is 0 Å². The molecule has 0 N–H and O–H groups in total. The Bertz CT molecular complexity index is 673. The summed E-state index contributed by atoms with van der Waals surface area (Å²) in [6, 6.07) is 10.9. The fraction of sp³-hybridized carbons (Fsp3) is 0.333. The van der Waals surface area contributed by atoms with E-state index in [9.17, 15) is 4.39 Å². The molecule has 21 heavy (non-hydrogen) atoms. The lowest BCUT2D eigenvalue weighted by atomic mass is 9.97. The molecule has 0 spiro atoms. The van der Waals surface area contributed by atoms with Crippen LogP contribution in [0.5, 0.6) is 5.75 Å². The fourth-order valence-electron chi connectivity index (χ4n) is 2.89. The minimum absolute atomic E-state index is 0.168. The summed E-state index contributed by atoms with van der Waals surface area (Å²) in [5.41, 5.74) is 3.63. The molecule has 0 aromatic heterocycles. The summed E-state index contributed by atoms with van der Waals surface area (Å²) < 4.78 is 19.4. The lowest BCUT2D eigenvalue weighted by Gasteiger charge is -2.16.